The van der Waals surface area contributed by atoms with Crippen molar-refractivity contribution in [1.82, 2.24) is 9.80 Å². The summed E-state index contributed by atoms with van der Waals surface area (Å²) in [7, 11) is 4.16. The predicted molar refractivity (Wildman–Crippen MR) is 79.3 cm³/mol. The molecule has 1 aromatic rings. The van der Waals surface area contributed by atoms with Crippen molar-refractivity contribution in [2.45, 2.75) is 12.5 Å². The van der Waals surface area contributed by atoms with Gasteiger partial charge in [-0.05, 0) is 32.3 Å². The molecular weight excluding hydrogens is 283 g/mol. The molecule has 0 aromatic heterocycles. The molecule has 1 aliphatic rings. The highest BCUT2D eigenvalue weighted by Crippen LogP contribution is 2.24. The summed E-state index contributed by atoms with van der Waals surface area (Å²) in [5.41, 5.74) is 0.635. The molecule has 1 saturated heterocycles. The van der Waals surface area contributed by atoms with Crippen LogP contribution in [0, 0.1) is 0 Å². The van der Waals surface area contributed by atoms with Crippen LogP contribution in [0.3, 0.4) is 0 Å². The first-order chi connectivity index (χ1) is 8.97. The minimum absolute atomic E-state index is 0.116. The molecule has 1 unspecified atom stereocenters. The molecule has 0 saturated carbocycles. The van der Waals surface area contributed by atoms with Crippen LogP contribution < -0.4 is 0 Å². The summed E-state index contributed by atoms with van der Waals surface area (Å²) in [6.07, 6.45) is 0.513. The Morgan fingerprint density at radius 3 is 2.68 bits per heavy atom. The van der Waals surface area contributed by atoms with E-state index in [1.54, 1.807) is 18.2 Å². The molecule has 19 heavy (non-hydrogen) atoms. The van der Waals surface area contributed by atoms with Gasteiger partial charge in [-0.1, -0.05) is 23.2 Å². The average Bonchev–Trinajstić information content (AvgIpc) is 2.37. The number of nitrogens with zero attached hydrogens (tertiary/aromatic N) is 2. The third kappa shape index (κ3) is 3.69. The average molecular weight is 301 g/mol. The van der Waals surface area contributed by atoms with Gasteiger partial charge in [0, 0.05) is 37.7 Å². The predicted octanol–water partition coefficient (Wildman–Crippen LogP) is 2.81. The number of ketones is 1. The van der Waals surface area contributed by atoms with Gasteiger partial charge in [0.05, 0.1) is 10.0 Å². The molecule has 1 heterocycles. The molecule has 5 heteroatoms. The van der Waals surface area contributed by atoms with Crippen molar-refractivity contribution >= 4 is 29.0 Å². The topological polar surface area (TPSA) is 23.6 Å². The van der Waals surface area contributed by atoms with Gasteiger partial charge in [-0.25, -0.2) is 0 Å². The van der Waals surface area contributed by atoms with Crippen LogP contribution in [0.4, 0.5) is 0 Å². The van der Waals surface area contributed by atoms with E-state index in [0.717, 1.165) is 19.6 Å². The number of Topliss-reactive ketones (excluding diaryl/α,β-unsaturated/α-hetero) is 1. The van der Waals surface area contributed by atoms with Gasteiger partial charge in [-0.2, -0.15) is 0 Å². The summed E-state index contributed by atoms with van der Waals surface area (Å²) in [6.45, 7) is 2.97. The first-order valence-corrected chi connectivity index (χ1v) is 7.10. The summed E-state index contributed by atoms with van der Waals surface area (Å²) >= 11 is 11.8. The Balaban J connectivity index is 2.05. The SMILES string of the molecule is CN1CCN(C)C(CC(=O)c2ccc(Cl)c(Cl)c2)C1. The number of carbonyl (C=O) groups is 1. The van der Waals surface area contributed by atoms with Crippen molar-refractivity contribution in [2.24, 2.45) is 0 Å². The van der Waals surface area contributed by atoms with E-state index in [0.29, 0.717) is 22.0 Å². The highest BCUT2D eigenvalue weighted by Gasteiger charge is 2.25. The molecule has 0 bridgehead atoms. The maximum atomic E-state index is 12.3. The normalized spacial score (nSPS) is 21.6. The van der Waals surface area contributed by atoms with Crippen LogP contribution in [0.2, 0.25) is 10.0 Å². The standard InChI is InChI=1S/C14H18Cl2N2O/c1-17-5-6-18(2)11(9-17)8-14(19)10-3-4-12(15)13(16)7-10/h3-4,7,11H,5-6,8-9H2,1-2H3. The molecule has 1 fully saturated rings. The smallest absolute Gasteiger partial charge is 0.164 e. The first kappa shape index (κ1) is 14.8. The van der Waals surface area contributed by atoms with Crippen molar-refractivity contribution < 1.29 is 4.79 Å². The zero-order chi connectivity index (χ0) is 14.0. The van der Waals surface area contributed by atoms with Gasteiger partial charge in [-0.15, -0.1) is 0 Å². The van der Waals surface area contributed by atoms with Crippen molar-refractivity contribution in [1.29, 1.82) is 0 Å². The lowest BCUT2D eigenvalue weighted by atomic mass is 10.0. The number of benzene rings is 1. The molecule has 104 valence electrons. The van der Waals surface area contributed by atoms with E-state index >= 15 is 0 Å². The minimum atomic E-state index is 0.116. The maximum absolute atomic E-state index is 12.3. The van der Waals surface area contributed by atoms with E-state index in [9.17, 15) is 4.79 Å². The van der Waals surface area contributed by atoms with Gasteiger partial charge in [0.25, 0.3) is 0 Å². The van der Waals surface area contributed by atoms with Gasteiger partial charge in [0.1, 0.15) is 0 Å². The second-order valence-electron chi connectivity index (χ2n) is 5.15. The Kier molecular flexibility index (Phi) is 4.85. The Bertz CT molecular complexity index is 479. The van der Waals surface area contributed by atoms with Crippen molar-refractivity contribution in [3.05, 3.63) is 33.8 Å². The summed E-state index contributed by atoms with van der Waals surface area (Å²) in [5.74, 6) is 0.116. The second-order valence-corrected chi connectivity index (χ2v) is 5.97. The molecule has 0 aliphatic carbocycles. The Hall–Kier alpha value is -0.610. The zero-order valence-electron chi connectivity index (χ0n) is 11.2. The van der Waals surface area contributed by atoms with E-state index in [4.69, 9.17) is 23.2 Å². The van der Waals surface area contributed by atoms with Gasteiger partial charge in [0.2, 0.25) is 0 Å². The van der Waals surface area contributed by atoms with E-state index in [1.165, 1.54) is 0 Å². The van der Waals surface area contributed by atoms with Crippen LogP contribution >= 0.6 is 23.2 Å². The van der Waals surface area contributed by atoms with Crippen molar-refractivity contribution in [2.75, 3.05) is 33.7 Å². The van der Waals surface area contributed by atoms with Gasteiger partial charge in [-0.3, -0.25) is 4.79 Å². The first-order valence-electron chi connectivity index (χ1n) is 6.34. The lowest BCUT2D eigenvalue weighted by Crippen LogP contribution is -2.50. The van der Waals surface area contributed by atoms with Crippen LogP contribution in [0.1, 0.15) is 16.8 Å². The van der Waals surface area contributed by atoms with Crippen LogP contribution in [-0.4, -0.2) is 55.4 Å². The lowest BCUT2D eigenvalue weighted by Gasteiger charge is -2.37. The van der Waals surface area contributed by atoms with Gasteiger partial charge >= 0.3 is 0 Å². The maximum Gasteiger partial charge on any atom is 0.164 e. The number of hydrogen-bond donors (Lipinski definition) is 0. The van der Waals surface area contributed by atoms with Crippen molar-refractivity contribution in [3.63, 3.8) is 0 Å². The molecule has 0 N–H and O–H groups in total. The lowest BCUT2D eigenvalue weighted by molar-refractivity contribution is 0.0810. The van der Waals surface area contributed by atoms with Gasteiger partial charge < -0.3 is 9.80 Å². The van der Waals surface area contributed by atoms with Crippen LogP contribution in [0.25, 0.3) is 0 Å². The number of piperazine rings is 1. The quantitative estimate of drug-likeness (QED) is 0.802. The molecular formula is C14H18Cl2N2O. The van der Waals surface area contributed by atoms with E-state index in [2.05, 4.69) is 23.9 Å². The Morgan fingerprint density at radius 2 is 2.00 bits per heavy atom. The number of rotatable bonds is 3. The third-order valence-corrected chi connectivity index (χ3v) is 4.38. The fourth-order valence-corrected chi connectivity index (χ4v) is 2.62. The molecule has 0 radical (unpaired) electrons. The highest BCUT2D eigenvalue weighted by molar-refractivity contribution is 6.42. The van der Waals surface area contributed by atoms with Crippen molar-refractivity contribution in [3.8, 4) is 0 Å². The van der Waals surface area contributed by atoms with E-state index < -0.39 is 0 Å². The molecule has 3 nitrogen and oxygen atoms in total. The monoisotopic (exact) mass is 300 g/mol. The van der Waals surface area contributed by atoms with E-state index in [1.807, 2.05) is 0 Å². The van der Waals surface area contributed by atoms with Crippen LogP contribution in [-0.2, 0) is 0 Å². The van der Waals surface area contributed by atoms with E-state index in [-0.39, 0.29) is 11.8 Å². The fourth-order valence-electron chi connectivity index (χ4n) is 2.32. The summed E-state index contributed by atoms with van der Waals surface area (Å²) in [4.78, 5) is 16.8. The summed E-state index contributed by atoms with van der Waals surface area (Å²) in [5, 5.41) is 0.911. The van der Waals surface area contributed by atoms with Crippen LogP contribution in [0.5, 0.6) is 0 Å². The number of hydrogen-bond acceptors (Lipinski definition) is 3. The fraction of sp³-hybridized carbons (Fsp3) is 0.500. The molecule has 2 rings (SSSR count). The second kappa shape index (κ2) is 6.23. The number of carbonyl (C=O) groups excluding carboxylic acids is 1. The largest absolute Gasteiger partial charge is 0.304 e. The minimum Gasteiger partial charge on any atom is -0.304 e. The Labute approximate surface area is 124 Å². The van der Waals surface area contributed by atoms with Crippen LogP contribution in [0.15, 0.2) is 18.2 Å². The number of likely N-dealkylation sites (N-methyl/N-ethyl adjacent to an activating group) is 2. The highest BCUT2D eigenvalue weighted by atomic mass is 35.5. The molecule has 1 aromatic carbocycles. The van der Waals surface area contributed by atoms with Gasteiger partial charge in [0.15, 0.2) is 5.78 Å². The molecule has 1 atom stereocenters. The number of halogens is 2. The summed E-state index contributed by atoms with van der Waals surface area (Å²) in [6, 6.07) is 5.33. The zero-order valence-corrected chi connectivity index (χ0v) is 12.7. The summed E-state index contributed by atoms with van der Waals surface area (Å²) < 4.78 is 0. The Morgan fingerprint density at radius 1 is 1.26 bits per heavy atom. The molecule has 1 aliphatic heterocycles. The third-order valence-electron chi connectivity index (χ3n) is 3.64. The molecule has 0 amide bonds. The molecule has 0 spiro atoms.